The number of aliphatic hydroxyl groups is 1. The van der Waals surface area contributed by atoms with Crippen LogP contribution in [-0.2, 0) is 0 Å². The molecule has 0 amide bonds. The number of nitriles is 1. The third-order valence-corrected chi connectivity index (χ3v) is 3.25. The van der Waals surface area contributed by atoms with E-state index in [1.165, 1.54) is 12.1 Å². The number of hydrogen-bond acceptors (Lipinski definition) is 5. The van der Waals surface area contributed by atoms with E-state index in [9.17, 15) is 20.3 Å². The highest BCUT2D eigenvalue weighted by molar-refractivity contribution is 5.89. The quantitative estimate of drug-likeness (QED) is 0.705. The Balaban J connectivity index is 2.25. The van der Waals surface area contributed by atoms with Gasteiger partial charge in [0, 0.05) is 11.3 Å². The molecule has 0 fully saturated rings. The minimum Gasteiger partial charge on any atom is -0.490 e. The summed E-state index contributed by atoms with van der Waals surface area (Å²) >= 11 is 0. The Morgan fingerprint density at radius 3 is 2.58 bits per heavy atom. The smallest absolute Gasteiger partial charge is 0.336 e. The number of aromatic carboxylic acids is 1. The Morgan fingerprint density at radius 2 is 1.96 bits per heavy atom. The normalized spacial score (nSPS) is 11.6. The third kappa shape index (κ3) is 4.03. The Bertz CT molecular complexity index is 781. The summed E-state index contributed by atoms with van der Waals surface area (Å²) in [6.45, 7) is 3.72. The number of carboxylic acids is 1. The summed E-state index contributed by atoms with van der Waals surface area (Å²) in [6, 6.07) is 13.1. The Morgan fingerprint density at radius 1 is 1.25 bits per heavy atom. The molecule has 6 nitrogen and oxygen atoms in total. The second-order valence-corrected chi connectivity index (χ2v) is 5.43. The van der Waals surface area contributed by atoms with Crippen LogP contribution < -0.4 is 10.1 Å². The molecule has 0 aliphatic heterocycles. The van der Waals surface area contributed by atoms with E-state index in [-0.39, 0.29) is 17.2 Å². The van der Waals surface area contributed by atoms with Gasteiger partial charge < -0.3 is 20.3 Å². The highest BCUT2D eigenvalue weighted by Gasteiger charge is 2.17. The number of aliphatic hydroxyl groups excluding tert-OH is 1. The van der Waals surface area contributed by atoms with Crippen molar-refractivity contribution >= 4 is 11.7 Å². The molecule has 2 rings (SSSR count). The highest BCUT2D eigenvalue weighted by atomic mass is 16.5. The summed E-state index contributed by atoms with van der Waals surface area (Å²) in [5, 5.41) is 31.5. The monoisotopic (exact) mass is 326 g/mol. The van der Waals surface area contributed by atoms with E-state index in [4.69, 9.17) is 4.74 Å². The van der Waals surface area contributed by atoms with E-state index < -0.39 is 12.2 Å². The third-order valence-electron chi connectivity index (χ3n) is 3.25. The zero-order valence-electron chi connectivity index (χ0n) is 13.4. The molecule has 24 heavy (non-hydrogen) atoms. The van der Waals surface area contributed by atoms with Crippen LogP contribution in [0.25, 0.3) is 0 Å². The molecule has 0 spiro atoms. The number of ether oxygens (including phenoxy) is 1. The van der Waals surface area contributed by atoms with Gasteiger partial charge >= 0.3 is 5.97 Å². The molecule has 0 saturated carbocycles. The molecule has 0 radical (unpaired) electrons. The summed E-state index contributed by atoms with van der Waals surface area (Å²) in [4.78, 5) is 11.2. The minimum absolute atomic E-state index is 0.0118. The summed E-state index contributed by atoms with van der Waals surface area (Å²) < 4.78 is 5.54. The number of nitrogens with one attached hydrogen (secondary N) is 1. The number of anilines is 1. The topological polar surface area (TPSA) is 103 Å². The molecule has 2 aromatic carbocycles. The van der Waals surface area contributed by atoms with Crippen LogP contribution in [0.3, 0.4) is 0 Å². The van der Waals surface area contributed by atoms with Gasteiger partial charge in [0.25, 0.3) is 0 Å². The van der Waals surface area contributed by atoms with Gasteiger partial charge in [0.2, 0.25) is 0 Å². The largest absolute Gasteiger partial charge is 0.490 e. The zero-order chi connectivity index (χ0) is 17.7. The first kappa shape index (κ1) is 17.3. The predicted octanol–water partition coefficient (Wildman–Crippen LogP) is 3.15. The van der Waals surface area contributed by atoms with Crippen LogP contribution in [0.4, 0.5) is 5.69 Å². The summed E-state index contributed by atoms with van der Waals surface area (Å²) in [5.41, 5.74) is 1.06. The molecule has 3 N–H and O–H groups in total. The number of rotatable bonds is 6. The van der Waals surface area contributed by atoms with Crippen LogP contribution in [0.2, 0.25) is 0 Å². The van der Waals surface area contributed by atoms with Crippen LogP contribution in [0.15, 0.2) is 42.5 Å². The highest BCUT2D eigenvalue weighted by Crippen LogP contribution is 2.26. The van der Waals surface area contributed by atoms with Crippen molar-refractivity contribution in [3.05, 3.63) is 59.2 Å². The fraction of sp³-hybridized carbons (Fsp3) is 0.222. The summed E-state index contributed by atoms with van der Waals surface area (Å²) in [5.74, 6) is -0.664. The van der Waals surface area contributed by atoms with Gasteiger partial charge in [-0.15, -0.1) is 0 Å². The predicted molar refractivity (Wildman–Crippen MR) is 88.9 cm³/mol. The van der Waals surface area contributed by atoms with Gasteiger partial charge in [-0.25, -0.2) is 4.79 Å². The molecule has 0 aliphatic rings. The summed E-state index contributed by atoms with van der Waals surface area (Å²) in [6.07, 6.45) is -1.29. The molecule has 0 saturated heterocycles. The van der Waals surface area contributed by atoms with Crippen molar-refractivity contribution < 1.29 is 19.7 Å². The van der Waals surface area contributed by atoms with Gasteiger partial charge in [-0.1, -0.05) is 18.2 Å². The van der Waals surface area contributed by atoms with Crippen LogP contribution in [0.5, 0.6) is 5.75 Å². The molecule has 0 aliphatic carbocycles. The summed E-state index contributed by atoms with van der Waals surface area (Å²) in [7, 11) is 0. The number of carboxylic acid groups (broad SMARTS) is 1. The Labute approximate surface area is 139 Å². The maximum absolute atomic E-state index is 11.2. The number of carbonyl (C=O) groups is 1. The van der Waals surface area contributed by atoms with Gasteiger partial charge in [0.05, 0.1) is 17.2 Å². The average Bonchev–Trinajstić information content (AvgIpc) is 2.55. The van der Waals surface area contributed by atoms with Crippen LogP contribution in [0, 0.1) is 11.3 Å². The van der Waals surface area contributed by atoms with E-state index in [1.54, 1.807) is 30.3 Å². The van der Waals surface area contributed by atoms with Gasteiger partial charge in [0.15, 0.2) is 6.23 Å². The van der Waals surface area contributed by atoms with E-state index in [1.807, 2.05) is 19.9 Å². The SMILES string of the molecule is CC(C)Oc1ccc(NC(O)c2ccccc2C(=O)O)cc1C#N. The fourth-order valence-corrected chi connectivity index (χ4v) is 2.23. The van der Waals surface area contributed by atoms with E-state index in [2.05, 4.69) is 5.32 Å². The molecule has 0 bridgehead atoms. The first-order valence-electron chi connectivity index (χ1n) is 7.40. The van der Waals surface area contributed by atoms with E-state index in [0.29, 0.717) is 17.0 Å². The Kier molecular flexibility index (Phi) is 5.40. The maximum atomic E-state index is 11.2. The molecular formula is C18H18N2O4. The Hall–Kier alpha value is -3.04. The van der Waals surface area contributed by atoms with Crippen molar-refractivity contribution in [2.75, 3.05) is 5.32 Å². The standard InChI is InChI=1S/C18H18N2O4/c1-11(2)24-16-8-7-13(9-12(16)10-19)20-17(21)14-5-3-4-6-15(14)18(22)23/h3-9,11,17,20-21H,1-2H3,(H,22,23). The van der Waals surface area contributed by atoms with E-state index >= 15 is 0 Å². The van der Waals surface area contributed by atoms with Crippen molar-refractivity contribution in [3.63, 3.8) is 0 Å². The lowest BCUT2D eigenvalue weighted by Gasteiger charge is -2.18. The first-order valence-corrected chi connectivity index (χ1v) is 7.40. The van der Waals surface area contributed by atoms with Gasteiger partial charge in [-0.05, 0) is 38.1 Å². The molecular weight excluding hydrogens is 308 g/mol. The molecule has 124 valence electrons. The van der Waals surface area contributed by atoms with Crippen molar-refractivity contribution in [3.8, 4) is 11.8 Å². The maximum Gasteiger partial charge on any atom is 0.336 e. The van der Waals surface area contributed by atoms with Crippen LogP contribution in [-0.4, -0.2) is 22.3 Å². The molecule has 0 aromatic heterocycles. The van der Waals surface area contributed by atoms with Crippen molar-refractivity contribution in [1.29, 1.82) is 5.26 Å². The molecule has 1 atom stereocenters. The van der Waals surface area contributed by atoms with Crippen LogP contribution >= 0.6 is 0 Å². The zero-order valence-corrected chi connectivity index (χ0v) is 13.4. The van der Waals surface area contributed by atoms with E-state index in [0.717, 1.165) is 0 Å². The lowest BCUT2D eigenvalue weighted by Crippen LogP contribution is -2.14. The lowest BCUT2D eigenvalue weighted by atomic mass is 10.1. The molecule has 6 heteroatoms. The average molecular weight is 326 g/mol. The van der Waals surface area contributed by atoms with Crippen molar-refractivity contribution in [2.24, 2.45) is 0 Å². The van der Waals surface area contributed by atoms with Gasteiger partial charge in [-0.3, -0.25) is 0 Å². The second kappa shape index (κ2) is 7.49. The first-order chi connectivity index (χ1) is 11.4. The number of hydrogen-bond donors (Lipinski definition) is 3. The van der Waals surface area contributed by atoms with Crippen molar-refractivity contribution in [2.45, 2.75) is 26.2 Å². The minimum atomic E-state index is -1.22. The molecule has 1 unspecified atom stereocenters. The van der Waals surface area contributed by atoms with Gasteiger partial charge in [-0.2, -0.15) is 5.26 Å². The number of benzene rings is 2. The van der Waals surface area contributed by atoms with Crippen LogP contribution in [0.1, 0.15) is 41.6 Å². The second-order valence-electron chi connectivity index (χ2n) is 5.43. The number of nitrogens with zero attached hydrogens (tertiary/aromatic N) is 1. The lowest BCUT2D eigenvalue weighted by molar-refractivity contribution is 0.0690. The van der Waals surface area contributed by atoms with Crippen molar-refractivity contribution in [1.82, 2.24) is 0 Å². The fourth-order valence-electron chi connectivity index (χ4n) is 2.23. The molecule has 2 aromatic rings. The molecule has 0 heterocycles. The van der Waals surface area contributed by atoms with Gasteiger partial charge in [0.1, 0.15) is 11.8 Å².